The maximum absolute atomic E-state index is 8.53. The van der Waals surface area contributed by atoms with Gasteiger partial charge in [-0.2, -0.15) is 5.26 Å². The van der Waals surface area contributed by atoms with E-state index in [9.17, 15) is 0 Å². The number of hydrogen-bond acceptors (Lipinski definition) is 3. The Kier molecular flexibility index (Phi) is 4.79. The van der Waals surface area contributed by atoms with Crippen molar-refractivity contribution in [3.63, 3.8) is 0 Å². The summed E-state index contributed by atoms with van der Waals surface area (Å²) in [5.74, 6) is 0. The number of aromatic nitrogens is 1. The normalized spacial score (nSPS) is 10.3. The molecule has 1 aromatic heterocycles. The highest BCUT2D eigenvalue weighted by Crippen LogP contribution is 2.03. The van der Waals surface area contributed by atoms with Gasteiger partial charge in [-0.1, -0.05) is 13.0 Å². The molecule has 0 aliphatic heterocycles. The second-order valence-electron chi connectivity index (χ2n) is 3.55. The Bertz CT molecular complexity index is 341. The van der Waals surface area contributed by atoms with Crippen LogP contribution in [0, 0.1) is 18.3 Å². The summed E-state index contributed by atoms with van der Waals surface area (Å²) in [6, 6.07) is 8.22. The molecule has 3 nitrogen and oxygen atoms in total. The van der Waals surface area contributed by atoms with Crippen molar-refractivity contribution >= 4 is 0 Å². The topological polar surface area (TPSA) is 39.9 Å². The molecule has 0 aromatic carbocycles. The first-order chi connectivity index (χ1) is 7.26. The third-order valence-electron chi connectivity index (χ3n) is 2.32. The summed E-state index contributed by atoms with van der Waals surface area (Å²) in [7, 11) is 0. The van der Waals surface area contributed by atoms with Crippen LogP contribution in [0.5, 0.6) is 0 Å². The van der Waals surface area contributed by atoms with Crippen molar-refractivity contribution in [2.24, 2.45) is 0 Å². The molecule has 80 valence electrons. The molecule has 0 atom stereocenters. The summed E-state index contributed by atoms with van der Waals surface area (Å²) in [6.07, 6.45) is 0.583. The molecule has 0 aliphatic rings. The van der Waals surface area contributed by atoms with Crippen LogP contribution in [0.4, 0.5) is 0 Å². The lowest BCUT2D eigenvalue weighted by atomic mass is 10.3. The predicted octanol–water partition coefficient (Wildman–Crippen LogP) is 2.13. The Hall–Kier alpha value is -1.40. The third-order valence-corrected chi connectivity index (χ3v) is 2.32. The summed E-state index contributed by atoms with van der Waals surface area (Å²) >= 11 is 0. The van der Waals surface area contributed by atoms with E-state index in [1.165, 1.54) is 0 Å². The number of pyridine rings is 1. The molecule has 0 amide bonds. The lowest BCUT2D eigenvalue weighted by molar-refractivity contribution is 0.283. The summed E-state index contributed by atoms with van der Waals surface area (Å²) in [5.41, 5.74) is 2.12. The Morgan fingerprint density at radius 1 is 1.47 bits per heavy atom. The summed E-state index contributed by atoms with van der Waals surface area (Å²) in [5, 5.41) is 8.53. The SMILES string of the molecule is CCN(CCC#N)Cc1cccc(C)n1. The molecule has 0 saturated carbocycles. The maximum atomic E-state index is 8.53. The fraction of sp³-hybridized carbons (Fsp3) is 0.500. The van der Waals surface area contributed by atoms with E-state index in [2.05, 4.69) is 22.9 Å². The summed E-state index contributed by atoms with van der Waals surface area (Å²) in [6.45, 7) is 6.71. The second kappa shape index (κ2) is 6.15. The zero-order valence-electron chi connectivity index (χ0n) is 9.40. The molecule has 1 aromatic rings. The van der Waals surface area contributed by atoms with Crippen molar-refractivity contribution in [2.75, 3.05) is 13.1 Å². The molecule has 0 aliphatic carbocycles. The Labute approximate surface area is 91.4 Å². The fourth-order valence-electron chi connectivity index (χ4n) is 1.47. The molecule has 3 heteroatoms. The molecule has 0 spiro atoms. The van der Waals surface area contributed by atoms with Crippen LogP contribution in [0.3, 0.4) is 0 Å². The van der Waals surface area contributed by atoms with Crippen LogP contribution in [0.15, 0.2) is 18.2 Å². The van der Waals surface area contributed by atoms with E-state index < -0.39 is 0 Å². The Morgan fingerprint density at radius 3 is 2.87 bits per heavy atom. The van der Waals surface area contributed by atoms with Crippen LogP contribution >= 0.6 is 0 Å². The van der Waals surface area contributed by atoms with Gasteiger partial charge in [0.1, 0.15) is 0 Å². The van der Waals surface area contributed by atoms with E-state index in [0.29, 0.717) is 6.42 Å². The van der Waals surface area contributed by atoms with Gasteiger partial charge < -0.3 is 0 Å². The highest BCUT2D eigenvalue weighted by molar-refractivity contribution is 5.09. The van der Waals surface area contributed by atoms with Crippen molar-refractivity contribution in [2.45, 2.75) is 26.8 Å². The van der Waals surface area contributed by atoms with Crippen LogP contribution in [0.25, 0.3) is 0 Å². The Balaban J connectivity index is 2.55. The van der Waals surface area contributed by atoms with E-state index in [4.69, 9.17) is 5.26 Å². The third kappa shape index (κ3) is 4.09. The van der Waals surface area contributed by atoms with Gasteiger partial charge in [-0.3, -0.25) is 9.88 Å². The molecule has 0 bridgehead atoms. The van der Waals surface area contributed by atoms with Crippen LogP contribution in [0.1, 0.15) is 24.7 Å². The van der Waals surface area contributed by atoms with Crippen molar-refractivity contribution in [1.82, 2.24) is 9.88 Å². The van der Waals surface area contributed by atoms with Crippen LogP contribution < -0.4 is 0 Å². The minimum absolute atomic E-state index is 0.583. The van der Waals surface area contributed by atoms with Crippen LogP contribution in [0.2, 0.25) is 0 Å². The summed E-state index contributed by atoms with van der Waals surface area (Å²) < 4.78 is 0. The van der Waals surface area contributed by atoms with Crippen LogP contribution in [-0.4, -0.2) is 23.0 Å². The molecule has 0 N–H and O–H groups in total. The first kappa shape index (κ1) is 11.7. The largest absolute Gasteiger partial charge is 0.297 e. The standard InChI is InChI=1S/C12H17N3/c1-3-15(9-5-8-13)10-12-7-4-6-11(2)14-12/h4,6-7H,3,5,9-10H2,1-2H3. The molecule has 0 radical (unpaired) electrons. The van der Waals surface area contributed by atoms with Gasteiger partial charge in [0.05, 0.1) is 11.8 Å². The van der Waals surface area contributed by atoms with E-state index in [1.807, 2.05) is 25.1 Å². The van der Waals surface area contributed by atoms with Crippen molar-refractivity contribution in [3.05, 3.63) is 29.6 Å². The molecular formula is C12H17N3. The molecule has 1 rings (SSSR count). The molecule has 15 heavy (non-hydrogen) atoms. The highest BCUT2D eigenvalue weighted by Gasteiger charge is 2.03. The van der Waals surface area contributed by atoms with E-state index in [1.54, 1.807) is 0 Å². The lowest BCUT2D eigenvalue weighted by Crippen LogP contribution is -2.24. The first-order valence-corrected chi connectivity index (χ1v) is 5.28. The second-order valence-corrected chi connectivity index (χ2v) is 3.55. The number of rotatable bonds is 5. The first-order valence-electron chi connectivity index (χ1n) is 5.28. The average molecular weight is 203 g/mol. The molecule has 0 saturated heterocycles. The van der Waals surface area contributed by atoms with Gasteiger partial charge in [0.15, 0.2) is 0 Å². The van der Waals surface area contributed by atoms with Gasteiger partial charge in [0, 0.05) is 25.2 Å². The smallest absolute Gasteiger partial charge is 0.0635 e. The van der Waals surface area contributed by atoms with Gasteiger partial charge in [0.25, 0.3) is 0 Å². The van der Waals surface area contributed by atoms with Crippen molar-refractivity contribution in [3.8, 4) is 6.07 Å². The van der Waals surface area contributed by atoms with Gasteiger partial charge in [-0.25, -0.2) is 0 Å². The number of hydrogen-bond donors (Lipinski definition) is 0. The maximum Gasteiger partial charge on any atom is 0.0635 e. The minimum atomic E-state index is 0.583. The monoisotopic (exact) mass is 203 g/mol. The zero-order valence-corrected chi connectivity index (χ0v) is 9.40. The summed E-state index contributed by atoms with van der Waals surface area (Å²) in [4.78, 5) is 6.67. The zero-order chi connectivity index (χ0) is 11.1. The fourth-order valence-corrected chi connectivity index (χ4v) is 1.47. The molecule has 0 fully saturated rings. The van der Waals surface area contributed by atoms with Crippen molar-refractivity contribution in [1.29, 1.82) is 5.26 Å². The molecule has 1 heterocycles. The quantitative estimate of drug-likeness (QED) is 0.736. The molecular weight excluding hydrogens is 186 g/mol. The van der Waals surface area contributed by atoms with Gasteiger partial charge >= 0.3 is 0 Å². The predicted molar refractivity (Wildman–Crippen MR) is 60.2 cm³/mol. The van der Waals surface area contributed by atoms with Gasteiger partial charge in [0.2, 0.25) is 0 Å². The Morgan fingerprint density at radius 2 is 2.27 bits per heavy atom. The van der Waals surface area contributed by atoms with E-state index in [-0.39, 0.29) is 0 Å². The van der Waals surface area contributed by atoms with Crippen molar-refractivity contribution < 1.29 is 0 Å². The highest BCUT2D eigenvalue weighted by atomic mass is 15.1. The van der Waals surface area contributed by atoms with Crippen LogP contribution in [-0.2, 0) is 6.54 Å². The minimum Gasteiger partial charge on any atom is -0.297 e. The van der Waals surface area contributed by atoms with Gasteiger partial charge in [-0.15, -0.1) is 0 Å². The molecule has 0 unspecified atom stereocenters. The number of aryl methyl sites for hydroxylation is 1. The van der Waals surface area contributed by atoms with Gasteiger partial charge in [-0.05, 0) is 25.6 Å². The number of nitrogens with zero attached hydrogens (tertiary/aromatic N) is 3. The lowest BCUT2D eigenvalue weighted by Gasteiger charge is -2.18. The van der Waals surface area contributed by atoms with E-state index >= 15 is 0 Å². The average Bonchev–Trinajstić information content (AvgIpc) is 2.24. The number of nitriles is 1. The van der Waals surface area contributed by atoms with E-state index in [0.717, 1.165) is 31.0 Å².